The number of carbonyl (C=O) groups excluding carboxylic acids is 1. The van der Waals surface area contributed by atoms with Crippen molar-refractivity contribution in [2.45, 2.75) is 29.5 Å². The van der Waals surface area contributed by atoms with Gasteiger partial charge in [-0.25, -0.2) is 4.84 Å². The van der Waals surface area contributed by atoms with E-state index < -0.39 is 53.8 Å². The Balaban J connectivity index is 1.95. The molecule has 3 aliphatic heterocycles. The van der Waals surface area contributed by atoms with Gasteiger partial charge < -0.3 is 29.2 Å². The predicted molar refractivity (Wildman–Crippen MR) is 63.0 cm³/mol. The van der Waals surface area contributed by atoms with Crippen LogP contribution < -0.4 is 0 Å². The average molecular weight is 321 g/mol. The number of rotatable bonds is 3. The van der Waals surface area contributed by atoms with Crippen LogP contribution in [0.3, 0.4) is 0 Å². The highest BCUT2D eigenvalue weighted by molar-refractivity contribution is 5.81. The molecule has 3 fully saturated rings. The van der Waals surface area contributed by atoms with Gasteiger partial charge >= 0.3 is 11.1 Å². The highest BCUT2D eigenvalue weighted by atomic mass is 17.0. The number of hydrogen-bond donors (Lipinski definition) is 2. The summed E-state index contributed by atoms with van der Waals surface area (Å²) in [6.45, 7) is -0.895. The van der Waals surface area contributed by atoms with Crippen molar-refractivity contribution in [1.82, 2.24) is 0 Å². The minimum Gasteiger partial charge on any atom is -0.388 e. The first-order valence-corrected chi connectivity index (χ1v) is 6.63. The second-order valence-corrected chi connectivity index (χ2v) is 5.35. The fraction of sp³-hybridized carbons (Fsp3) is 0.909. The summed E-state index contributed by atoms with van der Waals surface area (Å²) in [5, 5.41) is 29.9. The van der Waals surface area contributed by atoms with Gasteiger partial charge in [0.25, 0.3) is 0 Å². The average Bonchev–Trinajstić information content (AvgIpc) is 3.02. The summed E-state index contributed by atoms with van der Waals surface area (Å²) in [7, 11) is 0. The molecule has 3 heterocycles. The molecule has 124 valence electrons. The van der Waals surface area contributed by atoms with Gasteiger partial charge in [0.2, 0.25) is 5.60 Å². The van der Waals surface area contributed by atoms with Crippen molar-refractivity contribution in [3.05, 3.63) is 10.1 Å². The standard InChI is InChI=1S/C11H15NO10/c13-6-3-19-8-7(6)20-4-10(8,15)11(5-18-1-2-21-11)9(14)22-12(16)17/h6-8,13,15H,1-5H2/t6-,7-,8+,10-,11?/m1/s1. The minimum absolute atomic E-state index is 0.0743. The maximum atomic E-state index is 12.2. The predicted octanol–water partition coefficient (Wildman–Crippen LogP) is -2.60. The third-order valence-corrected chi connectivity index (χ3v) is 4.16. The number of ether oxygens (including phenoxy) is 4. The van der Waals surface area contributed by atoms with Gasteiger partial charge in [0.15, 0.2) is 5.60 Å². The van der Waals surface area contributed by atoms with Crippen LogP contribution in [0.1, 0.15) is 0 Å². The van der Waals surface area contributed by atoms with Crippen molar-refractivity contribution in [3.63, 3.8) is 0 Å². The first-order valence-electron chi connectivity index (χ1n) is 6.63. The molecule has 11 nitrogen and oxygen atoms in total. The summed E-state index contributed by atoms with van der Waals surface area (Å²) >= 11 is 0. The molecule has 0 aromatic carbocycles. The number of nitrogens with zero attached hydrogens (tertiary/aromatic N) is 1. The molecule has 0 bridgehead atoms. The van der Waals surface area contributed by atoms with Gasteiger partial charge in [-0.05, 0) is 0 Å². The van der Waals surface area contributed by atoms with Crippen LogP contribution in [-0.4, -0.2) is 83.8 Å². The van der Waals surface area contributed by atoms with Crippen LogP contribution in [0.4, 0.5) is 0 Å². The summed E-state index contributed by atoms with van der Waals surface area (Å²) in [5.41, 5.74) is -4.25. The normalized spacial score (nSPS) is 44.5. The lowest BCUT2D eigenvalue weighted by molar-refractivity contribution is -0.731. The van der Waals surface area contributed by atoms with Crippen molar-refractivity contribution >= 4 is 5.97 Å². The molecule has 3 saturated heterocycles. The van der Waals surface area contributed by atoms with Gasteiger partial charge in [-0.3, -0.25) is 4.79 Å². The summed E-state index contributed by atoms with van der Waals surface area (Å²) in [6.07, 6.45) is -2.94. The van der Waals surface area contributed by atoms with E-state index in [-0.39, 0.29) is 19.8 Å². The number of carbonyl (C=O) groups is 1. The maximum Gasteiger partial charge on any atom is 0.341 e. The quantitative estimate of drug-likeness (QED) is 0.418. The van der Waals surface area contributed by atoms with Crippen molar-refractivity contribution < 1.29 is 43.9 Å². The van der Waals surface area contributed by atoms with Crippen molar-refractivity contribution in [3.8, 4) is 0 Å². The van der Waals surface area contributed by atoms with E-state index >= 15 is 0 Å². The Kier molecular flexibility index (Phi) is 3.79. The molecule has 2 N–H and O–H groups in total. The Labute approximate surface area is 123 Å². The largest absolute Gasteiger partial charge is 0.388 e. The van der Waals surface area contributed by atoms with Gasteiger partial charge in [-0.2, -0.15) is 0 Å². The smallest absolute Gasteiger partial charge is 0.341 e. The van der Waals surface area contributed by atoms with E-state index in [1.54, 1.807) is 0 Å². The second-order valence-electron chi connectivity index (χ2n) is 5.35. The molecule has 11 heteroatoms. The Bertz CT molecular complexity index is 477. The molecule has 0 amide bonds. The fourth-order valence-electron chi connectivity index (χ4n) is 3.07. The molecule has 5 atom stereocenters. The third kappa shape index (κ3) is 2.09. The molecule has 0 saturated carbocycles. The lowest BCUT2D eigenvalue weighted by atomic mass is 9.78. The molecule has 0 aliphatic carbocycles. The van der Waals surface area contributed by atoms with Gasteiger partial charge in [0.05, 0.1) is 33.0 Å². The maximum absolute atomic E-state index is 12.2. The van der Waals surface area contributed by atoms with Crippen LogP contribution in [0, 0.1) is 10.1 Å². The SMILES string of the molecule is O=C(O[N+](=O)[O-])C1([C@@]2(O)CO[C@@H]3[C@H](O)CO[C@@H]32)COCCO1. The van der Waals surface area contributed by atoms with E-state index in [1.807, 2.05) is 0 Å². The zero-order valence-electron chi connectivity index (χ0n) is 11.4. The molecular weight excluding hydrogens is 306 g/mol. The molecule has 0 radical (unpaired) electrons. The highest BCUT2D eigenvalue weighted by Gasteiger charge is 2.70. The lowest BCUT2D eigenvalue weighted by Gasteiger charge is -2.45. The summed E-state index contributed by atoms with van der Waals surface area (Å²) in [6, 6.07) is 0. The number of aliphatic hydroxyl groups is 2. The highest BCUT2D eigenvalue weighted by Crippen LogP contribution is 2.44. The second kappa shape index (κ2) is 5.37. The first-order chi connectivity index (χ1) is 10.4. The van der Waals surface area contributed by atoms with E-state index in [0.717, 1.165) is 0 Å². The molecule has 1 unspecified atom stereocenters. The van der Waals surface area contributed by atoms with Crippen molar-refractivity contribution in [1.29, 1.82) is 0 Å². The number of aliphatic hydroxyl groups excluding tert-OH is 1. The summed E-state index contributed by atoms with van der Waals surface area (Å²) < 4.78 is 21.1. The van der Waals surface area contributed by atoms with Crippen LogP contribution in [0.25, 0.3) is 0 Å². The number of fused-ring (bicyclic) bond motifs is 1. The van der Waals surface area contributed by atoms with Crippen LogP contribution in [0.5, 0.6) is 0 Å². The zero-order valence-corrected chi connectivity index (χ0v) is 11.4. The van der Waals surface area contributed by atoms with Crippen LogP contribution in [0.15, 0.2) is 0 Å². The third-order valence-electron chi connectivity index (χ3n) is 4.16. The van der Waals surface area contributed by atoms with E-state index in [9.17, 15) is 25.1 Å². The summed E-state index contributed by atoms with van der Waals surface area (Å²) in [5.74, 6) is -1.41. The van der Waals surface area contributed by atoms with Crippen molar-refractivity contribution in [2.24, 2.45) is 0 Å². The molecule has 22 heavy (non-hydrogen) atoms. The number of hydrogen-bond acceptors (Lipinski definition) is 10. The Morgan fingerprint density at radius 2 is 2.09 bits per heavy atom. The monoisotopic (exact) mass is 321 g/mol. The molecule has 3 rings (SSSR count). The van der Waals surface area contributed by atoms with Gasteiger partial charge in [0.1, 0.15) is 18.3 Å². The zero-order chi connectivity index (χ0) is 16.0. The molecule has 0 aromatic heterocycles. The molecule has 0 spiro atoms. The first kappa shape index (κ1) is 15.5. The van der Waals surface area contributed by atoms with E-state index in [4.69, 9.17) is 18.9 Å². The Morgan fingerprint density at radius 1 is 1.32 bits per heavy atom. The van der Waals surface area contributed by atoms with Crippen molar-refractivity contribution in [2.75, 3.05) is 33.0 Å². The molecule has 3 aliphatic rings. The molecule has 0 aromatic rings. The Hall–Kier alpha value is -1.37. The van der Waals surface area contributed by atoms with Crippen LogP contribution >= 0.6 is 0 Å². The van der Waals surface area contributed by atoms with E-state index in [2.05, 4.69) is 4.84 Å². The van der Waals surface area contributed by atoms with E-state index in [0.29, 0.717) is 0 Å². The lowest BCUT2D eigenvalue weighted by Crippen LogP contribution is -2.71. The van der Waals surface area contributed by atoms with Crippen LogP contribution in [-0.2, 0) is 28.6 Å². The van der Waals surface area contributed by atoms with Gasteiger partial charge in [-0.1, -0.05) is 0 Å². The topological polar surface area (TPSA) is 147 Å². The van der Waals surface area contributed by atoms with Crippen LogP contribution in [0.2, 0.25) is 0 Å². The summed E-state index contributed by atoms with van der Waals surface area (Å²) in [4.78, 5) is 26.7. The fourth-order valence-corrected chi connectivity index (χ4v) is 3.07. The molecular formula is C11H15NO10. The van der Waals surface area contributed by atoms with E-state index in [1.165, 1.54) is 0 Å². The van der Waals surface area contributed by atoms with Gasteiger partial charge in [0, 0.05) is 0 Å². The Morgan fingerprint density at radius 3 is 2.73 bits per heavy atom. The van der Waals surface area contributed by atoms with Gasteiger partial charge in [-0.15, -0.1) is 10.1 Å². The minimum atomic E-state index is -2.16.